The number of aryl methyl sites for hydroxylation is 2. The standard InChI is InChI=1S/C11H17N5O2/c1-7-10(16(17)18)11(14(2)13-7)15-5-8-3-12-4-9(8)6-15/h8-9,12H,3-6H2,1-2H3. The van der Waals surface area contributed by atoms with Crippen LogP contribution < -0.4 is 10.2 Å². The Balaban J connectivity index is 1.95. The average molecular weight is 251 g/mol. The molecule has 7 nitrogen and oxygen atoms in total. The van der Waals surface area contributed by atoms with E-state index in [0.29, 0.717) is 23.3 Å². The molecule has 0 spiro atoms. The van der Waals surface area contributed by atoms with E-state index in [1.807, 2.05) is 0 Å². The monoisotopic (exact) mass is 251 g/mol. The van der Waals surface area contributed by atoms with E-state index in [1.165, 1.54) is 0 Å². The Kier molecular flexibility index (Phi) is 2.51. The zero-order valence-electron chi connectivity index (χ0n) is 10.6. The van der Waals surface area contributed by atoms with Crippen LogP contribution in [0.25, 0.3) is 0 Å². The van der Waals surface area contributed by atoms with Gasteiger partial charge >= 0.3 is 5.69 Å². The van der Waals surface area contributed by atoms with E-state index in [1.54, 1.807) is 18.7 Å². The van der Waals surface area contributed by atoms with E-state index in [4.69, 9.17) is 0 Å². The normalized spacial score (nSPS) is 26.7. The molecule has 98 valence electrons. The van der Waals surface area contributed by atoms with Crippen LogP contribution in [0.15, 0.2) is 0 Å². The van der Waals surface area contributed by atoms with E-state index in [-0.39, 0.29) is 10.6 Å². The molecular weight excluding hydrogens is 234 g/mol. The maximum atomic E-state index is 11.2. The summed E-state index contributed by atoms with van der Waals surface area (Å²) in [6.07, 6.45) is 0. The number of anilines is 1. The summed E-state index contributed by atoms with van der Waals surface area (Å²) in [6, 6.07) is 0. The van der Waals surface area contributed by atoms with Gasteiger partial charge in [0.15, 0.2) is 0 Å². The van der Waals surface area contributed by atoms with Crippen molar-refractivity contribution in [1.82, 2.24) is 15.1 Å². The smallest absolute Gasteiger partial charge is 0.333 e. The first-order valence-electron chi connectivity index (χ1n) is 6.21. The molecule has 0 aromatic carbocycles. The van der Waals surface area contributed by atoms with Crippen molar-refractivity contribution in [1.29, 1.82) is 0 Å². The molecule has 2 fully saturated rings. The highest BCUT2D eigenvalue weighted by atomic mass is 16.6. The van der Waals surface area contributed by atoms with Crippen molar-refractivity contribution in [2.45, 2.75) is 6.92 Å². The van der Waals surface area contributed by atoms with Gasteiger partial charge in [-0.3, -0.25) is 10.1 Å². The van der Waals surface area contributed by atoms with Crippen molar-refractivity contribution in [2.24, 2.45) is 18.9 Å². The van der Waals surface area contributed by atoms with E-state index in [9.17, 15) is 10.1 Å². The topological polar surface area (TPSA) is 76.2 Å². The highest BCUT2D eigenvalue weighted by Gasteiger charge is 2.40. The second-order valence-corrected chi connectivity index (χ2v) is 5.22. The number of fused-ring (bicyclic) bond motifs is 1. The molecule has 0 bridgehead atoms. The Morgan fingerprint density at radius 3 is 2.56 bits per heavy atom. The molecule has 0 amide bonds. The van der Waals surface area contributed by atoms with Gasteiger partial charge in [-0.25, -0.2) is 4.68 Å². The SMILES string of the molecule is Cc1nn(C)c(N2CC3CNCC3C2)c1[N+](=O)[O-]. The molecule has 3 rings (SSSR count). The number of hydrogen-bond acceptors (Lipinski definition) is 5. The fourth-order valence-corrected chi connectivity index (χ4v) is 3.23. The summed E-state index contributed by atoms with van der Waals surface area (Å²) < 4.78 is 1.64. The van der Waals surface area contributed by atoms with Gasteiger partial charge in [-0.15, -0.1) is 0 Å². The van der Waals surface area contributed by atoms with Crippen molar-refractivity contribution >= 4 is 11.5 Å². The molecule has 2 saturated heterocycles. The zero-order chi connectivity index (χ0) is 12.9. The van der Waals surface area contributed by atoms with Gasteiger partial charge in [0.1, 0.15) is 5.69 Å². The molecular formula is C11H17N5O2. The summed E-state index contributed by atoms with van der Waals surface area (Å²) >= 11 is 0. The predicted molar refractivity (Wildman–Crippen MR) is 66.7 cm³/mol. The van der Waals surface area contributed by atoms with Gasteiger partial charge in [0.2, 0.25) is 5.82 Å². The minimum absolute atomic E-state index is 0.158. The molecule has 1 N–H and O–H groups in total. The van der Waals surface area contributed by atoms with Crippen LogP contribution in [0, 0.1) is 28.9 Å². The third-order valence-electron chi connectivity index (χ3n) is 4.03. The summed E-state index contributed by atoms with van der Waals surface area (Å²) in [7, 11) is 1.78. The van der Waals surface area contributed by atoms with Gasteiger partial charge in [-0.1, -0.05) is 0 Å². The Hall–Kier alpha value is -1.63. The molecule has 2 atom stereocenters. The quantitative estimate of drug-likeness (QED) is 0.604. The van der Waals surface area contributed by atoms with Gasteiger partial charge in [0.05, 0.1) is 4.92 Å². The van der Waals surface area contributed by atoms with Crippen LogP contribution in [0.3, 0.4) is 0 Å². The lowest BCUT2D eigenvalue weighted by atomic mass is 10.0. The third kappa shape index (κ3) is 1.58. The van der Waals surface area contributed by atoms with E-state index >= 15 is 0 Å². The number of hydrogen-bond donors (Lipinski definition) is 1. The minimum atomic E-state index is -0.315. The lowest BCUT2D eigenvalue weighted by Gasteiger charge is -2.18. The second-order valence-electron chi connectivity index (χ2n) is 5.22. The van der Waals surface area contributed by atoms with Crippen molar-refractivity contribution in [3.8, 4) is 0 Å². The molecule has 0 aliphatic carbocycles. The Bertz CT molecular complexity index is 486. The largest absolute Gasteiger partial charge is 0.350 e. The van der Waals surface area contributed by atoms with Crippen LogP contribution in [-0.4, -0.2) is 40.9 Å². The number of aromatic nitrogens is 2. The molecule has 18 heavy (non-hydrogen) atoms. The minimum Gasteiger partial charge on any atom is -0.350 e. The van der Waals surface area contributed by atoms with Crippen molar-refractivity contribution in [3.05, 3.63) is 15.8 Å². The summed E-state index contributed by atoms with van der Waals surface area (Å²) in [4.78, 5) is 13.0. The third-order valence-corrected chi connectivity index (χ3v) is 4.03. The molecule has 1 aromatic rings. The van der Waals surface area contributed by atoms with Crippen molar-refractivity contribution in [3.63, 3.8) is 0 Å². The highest BCUT2D eigenvalue weighted by Crippen LogP contribution is 2.36. The van der Waals surface area contributed by atoms with Crippen molar-refractivity contribution < 1.29 is 4.92 Å². The van der Waals surface area contributed by atoms with Crippen LogP contribution in [0.5, 0.6) is 0 Å². The molecule has 3 heterocycles. The fraction of sp³-hybridized carbons (Fsp3) is 0.727. The summed E-state index contributed by atoms with van der Waals surface area (Å²) in [5.41, 5.74) is 0.651. The lowest BCUT2D eigenvalue weighted by Crippen LogP contribution is -2.27. The van der Waals surface area contributed by atoms with Gasteiger partial charge in [0.25, 0.3) is 0 Å². The van der Waals surface area contributed by atoms with Crippen LogP contribution in [0.4, 0.5) is 11.5 Å². The first-order valence-corrected chi connectivity index (χ1v) is 6.21. The molecule has 0 radical (unpaired) electrons. The van der Waals surface area contributed by atoms with Crippen LogP contribution in [0.2, 0.25) is 0 Å². The first-order chi connectivity index (χ1) is 8.58. The van der Waals surface area contributed by atoms with Gasteiger partial charge in [-0.05, 0) is 18.8 Å². The fourth-order valence-electron chi connectivity index (χ4n) is 3.23. The molecule has 0 saturated carbocycles. The number of nitrogens with one attached hydrogen (secondary N) is 1. The second kappa shape index (κ2) is 3.94. The van der Waals surface area contributed by atoms with Crippen molar-refractivity contribution in [2.75, 3.05) is 31.1 Å². The maximum Gasteiger partial charge on any atom is 0.333 e. The maximum absolute atomic E-state index is 11.2. The summed E-state index contributed by atoms with van der Waals surface area (Å²) in [5, 5.41) is 18.7. The van der Waals surface area contributed by atoms with Gasteiger partial charge in [0, 0.05) is 33.2 Å². The number of rotatable bonds is 2. The van der Waals surface area contributed by atoms with E-state index in [0.717, 1.165) is 26.2 Å². The van der Waals surface area contributed by atoms with Gasteiger partial charge < -0.3 is 10.2 Å². The number of nitrogens with zero attached hydrogens (tertiary/aromatic N) is 4. The van der Waals surface area contributed by atoms with Crippen LogP contribution >= 0.6 is 0 Å². The van der Waals surface area contributed by atoms with Gasteiger partial charge in [-0.2, -0.15) is 5.10 Å². The molecule has 2 aliphatic rings. The molecule has 7 heteroatoms. The number of nitro groups is 1. The summed E-state index contributed by atoms with van der Waals surface area (Å²) in [6.45, 7) is 5.51. The molecule has 1 aromatic heterocycles. The highest BCUT2D eigenvalue weighted by molar-refractivity contribution is 5.62. The predicted octanol–water partition coefficient (Wildman–Crippen LogP) is 0.292. The summed E-state index contributed by atoms with van der Waals surface area (Å²) in [5.74, 6) is 1.88. The Morgan fingerprint density at radius 2 is 2.00 bits per heavy atom. The van der Waals surface area contributed by atoms with Crippen LogP contribution in [-0.2, 0) is 7.05 Å². The van der Waals surface area contributed by atoms with E-state index < -0.39 is 0 Å². The first kappa shape index (κ1) is 11.5. The van der Waals surface area contributed by atoms with Crippen LogP contribution in [0.1, 0.15) is 5.69 Å². The zero-order valence-corrected chi connectivity index (χ0v) is 10.6. The van der Waals surface area contributed by atoms with E-state index in [2.05, 4.69) is 15.3 Å². The molecule has 2 unspecified atom stereocenters. The molecule has 2 aliphatic heterocycles. The Labute approximate surface area is 105 Å². The lowest BCUT2D eigenvalue weighted by molar-refractivity contribution is -0.384. The average Bonchev–Trinajstić information content (AvgIpc) is 2.89. The Morgan fingerprint density at radius 1 is 1.39 bits per heavy atom.